The standard InChI is InChI=1S/C14H25N3O3S/c1-5-8-17-10-11(21(15,19)20)9-12(17)13(18)16-7-6-14(2,3)4/h9-10H,5-8H2,1-4H3,(H,16,18)(H2,15,19,20). The van der Waals surface area contributed by atoms with Gasteiger partial charge in [0.15, 0.2) is 0 Å². The van der Waals surface area contributed by atoms with Gasteiger partial charge in [-0.2, -0.15) is 0 Å². The lowest BCUT2D eigenvalue weighted by Gasteiger charge is -2.18. The van der Waals surface area contributed by atoms with Gasteiger partial charge in [0.05, 0.1) is 0 Å². The van der Waals surface area contributed by atoms with E-state index in [-0.39, 0.29) is 16.2 Å². The maximum Gasteiger partial charge on any atom is 0.267 e. The number of aromatic nitrogens is 1. The van der Waals surface area contributed by atoms with Crippen LogP contribution in [0.25, 0.3) is 0 Å². The van der Waals surface area contributed by atoms with Gasteiger partial charge in [0.2, 0.25) is 10.0 Å². The van der Waals surface area contributed by atoms with Crippen LogP contribution in [0.2, 0.25) is 0 Å². The van der Waals surface area contributed by atoms with E-state index in [1.54, 1.807) is 4.57 Å². The highest BCUT2D eigenvalue weighted by atomic mass is 32.2. The van der Waals surface area contributed by atoms with Gasteiger partial charge in [0, 0.05) is 19.3 Å². The fourth-order valence-corrected chi connectivity index (χ4v) is 2.45. The molecule has 1 aromatic heterocycles. The lowest BCUT2D eigenvalue weighted by Crippen LogP contribution is -2.29. The van der Waals surface area contributed by atoms with Gasteiger partial charge in [-0.15, -0.1) is 0 Å². The number of nitrogens with two attached hydrogens (primary N) is 1. The molecule has 0 bridgehead atoms. The van der Waals surface area contributed by atoms with Crippen molar-refractivity contribution in [1.29, 1.82) is 0 Å². The first-order chi connectivity index (χ1) is 9.54. The first kappa shape index (κ1) is 17.7. The summed E-state index contributed by atoms with van der Waals surface area (Å²) in [6.45, 7) is 9.36. The molecule has 0 aliphatic rings. The molecule has 0 aliphatic carbocycles. The van der Waals surface area contributed by atoms with E-state index in [0.717, 1.165) is 12.8 Å². The van der Waals surface area contributed by atoms with E-state index in [1.165, 1.54) is 12.3 Å². The minimum atomic E-state index is -3.80. The van der Waals surface area contributed by atoms with Crippen LogP contribution in [0.3, 0.4) is 0 Å². The summed E-state index contributed by atoms with van der Waals surface area (Å²) in [6, 6.07) is 1.33. The van der Waals surface area contributed by atoms with E-state index in [1.807, 2.05) is 6.92 Å². The number of primary sulfonamides is 1. The Morgan fingerprint density at radius 1 is 1.38 bits per heavy atom. The van der Waals surface area contributed by atoms with Crippen molar-refractivity contribution >= 4 is 15.9 Å². The average molecular weight is 315 g/mol. The van der Waals surface area contributed by atoms with Gasteiger partial charge in [-0.25, -0.2) is 13.6 Å². The Morgan fingerprint density at radius 3 is 2.48 bits per heavy atom. The summed E-state index contributed by atoms with van der Waals surface area (Å²) in [5.74, 6) is -0.275. The summed E-state index contributed by atoms with van der Waals surface area (Å²) >= 11 is 0. The zero-order chi connectivity index (χ0) is 16.3. The number of carbonyl (C=O) groups excluding carboxylic acids is 1. The van der Waals surface area contributed by atoms with Crippen LogP contribution in [0.4, 0.5) is 0 Å². The lowest BCUT2D eigenvalue weighted by atomic mass is 9.92. The summed E-state index contributed by atoms with van der Waals surface area (Å²) in [4.78, 5) is 12.2. The third-order valence-electron chi connectivity index (χ3n) is 3.06. The summed E-state index contributed by atoms with van der Waals surface area (Å²) < 4.78 is 24.4. The van der Waals surface area contributed by atoms with E-state index in [9.17, 15) is 13.2 Å². The van der Waals surface area contributed by atoms with Gasteiger partial charge in [-0.1, -0.05) is 27.7 Å². The van der Waals surface area contributed by atoms with E-state index in [4.69, 9.17) is 5.14 Å². The number of hydrogen-bond donors (Lipinski definition) is 2. The number of nitrogens with one attached hydrogen (secondary N) is 1. The number of carbonyl (C=O) groups is 1. The second-order valence-electron chi connectivity index (χ2n) is 6.37. The molecule has 1 rings (SSSR count). The Bertz CT molecular complexity index is 597. The number of sulfonamides is 1. The van der Waals surface area contributed by atoms with Crippen LogP contribution in [0.1, 0.15) is 51.0 Å². The average Bonchev–Trinajstić information content (AvgIpc) is 2.71. The molecule has 0 fully saturated rings. The summed E-state index contributed by atoms with van der Waals surface area (Å²) in [7, 11) is -3.80. The Morgan fingerprint density at radius 2 is 2.00 bits per heavy atom. The Labute approximate surface area is 126 Å². The molecule has 1 heterocycles. The fraction of sp³-hybridized carbons (Fsp3) is 0.643. The molecular formula is C14H25N3O3S. The minimum Gasteiger partial charge on any atom is -0.351 e. The van der Waals surface area contributed by atoms with Crippen molar-refractivity contribution in [3.05, 3.63) is 18.0 Å². The molecule has 0 unspecified atom stereocenters. The molecule has 0 atom stereocenters. The van der Waals surface area contributed by atoms with Crippen LogP contribution >= 0.6 is 0 Å². The largest absolute Gasteiger partial charge is 0.351 e. The minimum absolute atomic E-state index is 0.0306. The number of rotatable bonds is 6. The predicted molar refractivity (Wildman–Crippen MR) is 82.5 cm³/mol. The Balaban J connectivity index is 2.89. The van der Waals surface area contributed by atoms with Gasteiger partial charge in [-0.3, -0.25) is 4.79 Å². The Kier molecular flexibility index (Phi) is 5.58. The third kappa shape index (κ3) is 5.51. The van der Waals surface area contributed by atoms with Crippen LogP contribution in [0.5, 0.6) is 0 Å². The topological polar surface area (TPSA) is 94.2 Å². The molecule has 0 radical (unpaired) electrons. The summed E-state index contributed by atoms with van der Waals surface area (Å²) in [5, 5.41) is 7.94. The van der Waals surface area contributed by atoms with Crippen molar-refractivity contribution in [3.63, 3.8) is 0 Å². The van der Waals surface area contributed by atoms with E-state index < -0.39 is 10.0 Å². The molecule has 6 nitrogen and oxygen atoms in total. The van der Waals surface area contributed by atoms with Crippen molar-refractivity contribution in [2.24, 2.45) is 10.6 Å². The highest BCUT2D eigenvalue weighted by Crippen LogP contribution is 2.18. The molecular weight excluding hydrogens is 290 g/mol. The van der Waals surface area contributed by atoms with Gasteiger partial charge < -0.3 is 9.88 Å². The van der Waals surface area contributed by atoms with Crippen molar-refractivity contribution in [1.82, 2.24) is 9.88 Å². The molecule has 21 heavy (non-hydrogen) atoms. The maximum atomic E-state index is 12.2. The zero-order valence-electron chi connectivity index (χ0n) is 13.1. The van der Waals surface area contributed by atoms with Gasteiger partial charge in [-0.05, 0) is 24.3 Å². The van der Waals surface area contributed by atoms with Gasteiger partial charge >= 0.3 is 0 Å². The predicted octanol–water partition coefficient (Wildman–Crippen LogP) is 1.71. The van der Waals surface area contributed by atoms with Crippen LogP contribution in [0, 0.1) is 5.41 Å². The van der Waals surface area contributed by atoms with Gasteiger partial charge in [0.25, 0.3) is 5.91 Å². The highest BCUT2D eigenvalue weighted by Gasteiger charge is 2.19. The van der Waals surface area contributed by atoms with Crippen LogP contribution in [-0.2, 0) is 16.6 Å². The van der Waals surface area contributed by atoms with E-state index >= 15 is 0 Å². The van der Waals surface area contributed by atoms with Gasteiger partial charge in [0.1, 0.15) is 10.6 Å². The van der Waals surface area contributed by atoms with Crippen molar-refractivity contribution < 1.29 is 13.2 Å². The highest BCUT2D eigenvalue weighted by molar-refractivity contribution is 7.89. The summed E-state index contributed by atoms with van der Waals surface area (Å²) in [6.07, 6.45) is 3.05. The van der Waals surface area contributed by atoms with Crippen LogP contribution in [-0.4, -0.2) is 25.4 Å². The van der Waals surface area contributed by atoms with Crippen LogP contribution in [0.15, 0.2) is 17.2 Å². The second kappa shape index (κ2) is 6.62. The van der Waals surface area contributed by atoms with E-state index in [0.29, 0.717) is 18.8 Å². The van der Waals surface area contributed by atoms with Crippen molar-refractivity contribution in [2.45, 2.75) is 52.0 Å². The molecule has 1 amide bonds. The molecule has 1 aromatic rings. The lowest BCUT2D eigenvalue weighted by molar-refractivity contribution is 0.0940. The molecule has 0 saturated heterocycles. The maximum absolute atomic E-state index is 12.2. The van der Waals surface area contributed by atoms with Crippen LogP contribution < -0.4 is 10.5 Å². The second-order valence-corrected chi connectivity index (χ2v) is 7.93. The van der Waals surface area contributed by atoms with E-state index in [2.05, 4.69) is 26.1 Å². The normalized spacial score (nSPS) is 12.4. The van der Waals surface area contributed by atoms with Crippen molar-refractivity contribution in [2.75, 3.05) is 6.54 Å². The number of aryl methyl sites for hydroxylation is 1. The molecule has 0 aliphatic heterocycles. The molecule has 0 saturated carbocycles. The number of hydrogen-bond acceptors (Lipinski definition) is 3. The molecule has 0 spiro atoms. The monoisotopic (exact) mass is 315 g/mol. The zero-order valence-corrected chi connectivity index (χ0v) is 14.0. The summed E-state index contributed by atoms with van der Waals surface area (Å²) in [5.41, 5.74) is 0.458. The Hall–Kier alpha value is -1.34. The third-order valence-corrected chi connectivity index (χ3v) is 3.94. The SMILES string of the molecule is CCCn1cc(S(N)(=O)=O)cc1C(=O)NCCC(C)(C)C. The van der Waals surface area contributed by atoms with Crippen molar-refractivity contribution in [3.8, 4) is 0 Å². The molecule has 0 aromatic carbocycles. The smallest absolute Gasteiger partial charge is 0.267 e. The quantitative estimate of drug-likeness (QED) is 0.836. The molecule has 7 heteroatoms. The number of nitrogens with zero attached hydrogens (tertiary/aromatic N) is 1. The first-order valence-electron chi connectivity index (χ1n) is 7.06. The fourth-order valence-electron chi connectivity index (χ4n) is 1.90. The first-order valence-corrected chi connectivity index (χ1v) is 8.60. The molecule has 3 N–H and O–H groups in total. The molecule has 120 valence electrons. The number of amides is 1.